The van der Waals surface area contributed by atoms with Gasteiger partial charge in [-0.2, -0.15) is 0 Å². The van der Waals surface area contributed by atoms with Crippen LogP contribution in [-0.4, -0.2) is 116 Å². The zero-order valence-corrected chi connectivity index (χ0v) is 23.1. The molecule has 38 heavy (non-hydrogen) atoms. The summed E-state index contributed by atoms with van der Waals surface area (Å²) in [6.45, 7) is 5.64. The Kier molecular flexibility index (Phi) is 24.9. The van der Waals surface area contributed by atoms with Crippen molar-refractivity contribution in [1.82, 2.24) is 21.3 Å². The maximum Gasteiger partial charge on any atom is 0.246 e. The third-order valence-electron chi connectivity index (χ3n) is 5.20. The lowest BCUT2D eigenvalue weighted by molar-refractivity contribution is -0.127. The summed E-state index contributed by atoms with van der Waals surface area (Å²) in [5.74, 6) is -0.401. The maximum absolute atomic E-state index is 11.7. The molecule has 0 rings (SSSR count). The first-order valence-corrected chi connectivity index (χ1v) is 13.4. The first-order valence-electron chi connectivity index (χ1n) is 13.4. The number of ether oxygens (including phenoxy) is 4. The molecule has 13 heteroatoms. The van der Waals surface area contributed by atoms with Crippen molar-refractivity contribution in [2.45, 2.75) is 51.5 Å². The summed E-state index contributed by atoms with van der Waals surface area (Å²) in [5, 5.41) is 11.2. The first-order chi connectivity index (χ1) is 18.4. The van der Waals surface area contributed by atoms with Crippen molar-refractivity contribution < 1.29 is 38.1 Å². The molecule has 222 valence electrons. The number of carbonyl (C=O) groups excluding carboxylic acids is 4. The predicted octanol–water partition coefficient (Wildman–Crippen LogP) is -1.12. The van der Waals surface area contributed by atoms with Crippen LogP contribution in [0.4, 0.5) is 0 Å². The molecule has 0 aliphatic heterocycles. The number of nitrogens with two attached hydrogens (primary N) is 1. The van der Waals surface area contributed by atoms with Gasteiger partial charge in [-0.3, -0.25) is 19.2 Å². The van der Waals surface area contributed by atoms with Crippen LogP contribution >= 0.6 is 0 Å². The smallest absolute Gasteiger partial charge is 0.246 e. The van der Waals surface area contributed by atoms with Gasteiger partial charge in [0.25, 0.3) is 0 Å². The standard InChI is InChI=1S/C25H49N5O8/c1-3-22(31)21(26)7-4-5-10-28-24(33)19-37-17-16-36-14-12-30-25(34)20-38-18-15-35-13-11-29-23(32)8-6-9-27-2/h21,27H,3-20,26H2,1-2H3,(H,28,33)(H,29,32)(H,30,34). The van der Waals surface area contributed by atoms with Crippen molar-refractivity contribution in [3.63, 3.8) is 0 Å². The third-order valence-corrected chi connectivity index (χ3v) is 5.20. The lowest BCUT2D eigenvalue weighted by atomic mass is 10.0. The highest BCUT2D eigenvalue weighted by Crippen LogP contribution is 2.01. The fourth-order valence-electron chi connectivity index (χ4n) is 3.05. The molecule has 0 spiro atoms. The van der Waals surface area contributed by atoms with Gasteiger partial charge in [0.1, 0.15) is 19.0 Å². The Balaban J connectivity index is 3.38. The topological polar surface area (TPSA) is 179 Å². The minimum absolute atomic E-state index is 0.00292. The second kappa shape index (κ2) is 26.4. The largest absolute Gasteiger partial charge is 0.377 e. The van der Waals surface area contributed by atoms with Gasteiger partial charge in [-0.05, 0) is 39.3 Å². The molecule has 3 amide bonds. The molecule has 1 atom stereocenters. The Morgan fingerprint density at radius 1 is 0.658 bits per heavy atom. The molecule has 0 saturated heterocycles. The summed E-state index contributed by atoms with van der Waals surface area (Å²) < 4.78 is 21.2. The molecule has 0 aromatic carbocycles. The van der Waals surface area contributed by atoms with Crippen LogP contribution in [0.3, 0.4) is 0 Å². The van der Waals surface area contributed by atoms with E-state index in [9.17, 15) is 19.2 Å². The Morgan fingerprint density at radius 2 is 1.18 bits per heavy atom. The maximum atomic E-state index is 11.7. The van der Waals surface area contributed by atoms with Gasteiger partial charge in [-0.1, -0.05) is 6.92 Å². The summed E-state index contributed by atoms with van der Waals surface area (Å²) in [6, 6.07) is -0.414. The molecular formula is C25H49N5O8. The SMILES string of the molecule is CCC(=O)C(N)CCCCNC(=O)COCCOCCNC(=O)COCCOCCNC(=O)CCCNC. The second-order valence-electron chi connectivity index (χ2n) is 8.51. The summed E-state index contributed by atoms with van der Waals surface area (Å²) in [5.41, 5.74) is 5.76. The average molecular weight is 548 g/mol. The lowest BCUT2D eigenvalue weighted by Crippen LogP contribution is -2.32. The van der Waals surface area contributed by atoms with E-state index in [1.165, 1.54) is 0 Å². The van der Waals surface area contributed by atoms with Crippen LogP contribution in [0.2, 0.25) is 0 Å². The van der Waals surface area contributed by atoms with E-state index in [0.29, 0.717) is 65.3 Å². The molecule has 0 fully saturated rings. The van der Waals surface area contributed by atoms with Gasteiger partial charge < -0.3 is 45.9 Å². The Hall–Kier alpha value is -2.16. The van der Waals surface area contributed by atoms with Crippen LogP contribution in [0.1, 0.15) is 45.4 Å². The average Bonchev–Trinajstić information content (AvgIpc) is 2.90. The van der Waals surface area contributed by atoms with Gasteiger partial charge in [0, 0.05) is 32.5 Å². The van der Waals surface area contributed by atoms with Gasteiger partial charge in [-0.15, -0.1) is 0 Å². The second-order valence-corrected chi connectivity index (χ2v) is 8.51. The van der Waals surface area contributed by atoms with Crippen molar-refractivity contribution >= 4 is 23.5 Å². The number of rotatable bonds is 27. The number of Topliss-reactive ketones (excluding diaryl/α,β-unsaturated/α-hetero) is 1. The molecular weight excluding hydrogens is 498 g/mol. The van der Waals surface area contributed by atoms with Crippen LogP contribution in [0, 0.1) is 0 Å². The molecule has 6 N–H and O–H groups in total. The van der Waals surface area contributed by atoms with Crippen LogP contribution < -0.4 is 27.0 Å². The van der Waals surface area contributed by atoms with E-state index in [1.54, 1.807) is 6.92 Å². The monoisotopic (exact) mass is 547 g/mol. The number of unbranched alkanes of at least 4 members (excludes halogenated alkanes) is 1. The Labute approximate surface area is 226 Å². The molecule has 1 unspecified atom stereocenters. The Morgan fingerprint density at radius 3 is 1.74 bits per heavy atom. The zero-order chi connectivity index (χ0) is 28.3. The summed E-state index contributed by atoms with van der Waals surface area (Å²) in [7, 11) is 1.85. The van der Waals surface area contributed by atoms with Crippen molar-refractivity contribution in [2.75, 3.05) is 86.1 Å². The van der Waals surface area contributed by atoms with E-state index in [4.69, 9.17) is 24.7 Å². The fraction of sp³-hybridized carbons (Fsp3) is 0.840. The van der Waals surface area contributed by atoms with Crippen molar-refractivity contribution in [1.29, 1.82) is 0 Å². The lowest BCUT2D eigenvalue weighted by Gasteiger charge is -2.10. The number of carbonyl (C=O) groups is 4. The number of hydrogen-bond donors (Lipinski definition) is 5. The minimum Gasteiger partial charge on any atom is -0.377 e. The molecule has 13 nitrogen and oxygen atoms in total. The number of nitrogens with one attached hydrogen (secondary N) is 4. The molecule has 0 heterocycles. The van der Waals surface area contributed by atoms with Crippen LogP contribution in [0.15, 0.2) is 0 Å². The predicted molar refractivity (Wildman–Crippen MR) is 143 cm³/mol. The van der Waals surface area contributed by atoms with Crippen LogP contribution in [0.25, 0.3) is 0 Å². The van der Waals surface area contributed by atoms with Gasteiger partial charge >= 0.3 is 0 Å². The van der Waals surface area contributed by atoms with E-state index in [2.05, 4.69) is 21.3 Å². The van der Waals surface area contributed by atoms with E-state index in [1.807, 2.05) is 7.05 Å². The molecule has 0 saturated carbocycles. The minimum atomic E-state index is -0.414. The van der Waals surface area contributed by atoms with Crippen LogP contribution in [0.5, 0.6) is 0 Å². The van der Waals surface area contributed by atoms with Crippen molar-refractivity contribution in [3.8, 4) is 0 Å². The van der Waals surface area contributed by atoms with E-state index in [-0.39, 0.29) is 49.9 Å². The summed E-state index contributed by atoms with van der Waals surface area (Å²) >= 11 is 0. The van der Waals surface area contributed by atoms with Gasteiger partial charge in [-0.25, -0.2) is 0 Å². The van der Waals surface area contributed by atoms with Gasteiger partial charge in [0.05, 0.1) is 45.7 Å². The summed E-state index contributed by atoms with van der Waals surface area (Å²) in [6.07, 6.45) is 3.88. The molecule has 0 aliphatic carbocycles. The quantitative estimate of drug-likeness (QED) is 0.0791. The highest BCUT2D eigenvalue weighted by Gasteiger charge is 2.10. The molecule has 0 bridgehead atoms. The first kappa shape index (κ1) is 35.8. The number of hydrogen-bond acceptors (Lipinski definition) is 10. The Bertz CT molecular complexity index is 639. The number of ketones is 1. The van der Waals surface area contributed by atoms with Crippen molar-refractivity contribution in [3.05, 3.63) is 0 Å². The van der Waals surface area contributed by atoms with Crippen LogP contribution in [-0.2, 0) is 38.1 Å². The molecule has 0 aromatic rings. The molecule has 0 aromatic heterocycles. The van der Waals surface area contributed by atoms with Crippen molar-refractivity contribution in [2.24, 2.45) is 5.73 Å². The summed E-state index contributed by atoms with van der Waals surface area (Å²) in [4.78, 5) is 46.3. The fourth-order valence-corrected chi connectivity index (χ4v) is 3.05. The highest BCUT2D eigenvalue weighted by atomic mass is 16.5. The number of amides is 3. The normalized spacial score (nSPS) is 11.7. The molecule has 0 radical (unpaired) electrons. The van der Waals surface area contributed by atoms with E-state index in [0.717, 1.165) is 25.8 Å². The van der Waals surface area contributed by atoms with Gasteiger partial charge in [0.15, 0.2) is 0 Å². The zero-order valence-electron chi connectivity index (χ0n) is 23.1. The highest BCUT2D eigenvalue weighted by molar-refractivity contribution is 5.83. The molecule has 0 aliphatic rings. The van der Waals surface area contributed by atoms with Gasteiger partial charge in [0.2, 0.25) is 17.7 Å². The van der Waals surface area contributed by atoms with E-state index < -0.39 is 6.04 Å². The third kappa shape index (κ3) is 24.2. The van der Waals surface area contributed by atoms with E-state index >= 15 is 0 Å².